The van der Waals surface area contributed by atoms with Crippen LogP contribution in [-0.2, 0) is 0 Å². The topological polar surface area (TPSA) is 23.5 Å². The highest BCUT2D eigenvalue weighted by atomic mass is 19.1. The van der Waals surface area contributed by atoms with Crippen molar-refractivity contribution in [1.82, 2.24) is 4.90 Å². The van der Waals surface area contributed by atoms with Crippen molar-refractivity contribution >= 4 is 0 Å². The van der Waals surface area contributed by atoms with Crippen molar-refractivity contribution in [2.24, 2.45) is 5.92 Å². The normalized spacial score (nSPS) is 21.4. The molecule has 0 aliphatic heterocycles. The molecule has 0 heterocycles. The lowest BCUT2D eigenvalue weighted by Crippen LogP contribution is -2.37. The molecule has 2 nitrogen and oxygen atoms in total. The van der Waals surface area contributed by atoms with E-state index in [0.717, 1.165) is 18.0 Å². The van der Waals surface area contributed by atoms with Crippen LogP contribution >= 0.6 is 0 Å². The fourth-order valence-electron chi connectivity index (χ4n) is 2.83. The van der Waals surface area contributed by atoms with Crippen molar-refractivity contribution in [3.63, 3.8) is 0 Å². The molecule has 2 saturated carbocycles. The van der Waals surface area contributed by atoms with Gasteiger partial charge in [0.1, 0.15) is 5.82 Å². The standard InChI is InChI=1S/C16H22FNO/c17-14-6-4-13(5-7-14)16(19)11-18(15-8-9-15)10-12-2-1-3-12/h4-7,12,15-16,19H,1-3,8-11H2. The minimum Gasteiger partial charge on any atom is -0.387 e. The molecule has 0 amide bonds. The lowest BCUT2D eigenvalue weighted by Gasteiger charge is -2.33. The molecule has 0 aromatic heterocycles. The van der Waals surface area contributed by atoms with Gasteiger partial charge in [0.2, 0.25) is 0 Å². The maximum absolute atomic E-state index is 12.9. The molecule has 0 spiro atoms. The summed E-state index contributed by atoms with van der Waals surface area (Å²) in [6.07, 6.45) is 6.09. The molecule has 104 valence electrons. The van der Waals surface area contributed by atoms with Crippen LogP contribution < -0.4 is 0 Å². The number of nitrogens with zero attached hydrogens (tertiary/aromatic N) is 1. The summed E-state index contributed by atoms with van der Waals surface area (Å²) < 4.78 is 12.9. The summed E-state index contributed by atoms with van der Waals surface area (Å²) in [5.41, 5.74) is 0.820. The molecule has 1 aromatic rings. The Morgan fingerprint density at radius 2 is 1.84 bits per heavy atom. The zero-order chi connectivity index (χ0) is 13.2. The van der Waals surface area contributed by atoms with E-state index in [9.17, 15) is 9.50 Å². The van der Waals surface area contributed by atoms with Gasteiger partial charge in [0.15, 0.2) is 0 Å². The second-order valence-corrected chi connectivity index (χ2v) is 6.05. The summed E-state index contributed by atoms with van der Waals surface area (Å²) >= 11 is 0. The molecule has 19 heavy (non-hydrogen) atoms. The molecule has 3 heteroatoms. The number of aliphatic hydroxyl groups is 1. The number of benzene rings is 1. The second kappa shape index (κ2) is 5.59. The van der Waals surface area contributed by atoms with E-state index in [0.29, 0.717) is 12.6 Å². The van der Waals surface area contributed by atoms with Crippen LogP contribution in [-0.4, -0.2) is 29.1 Å². The Morgan fingerprint density at radius 3 is 2.37 bits per heavy atom. The number of hydrogen-bond acceptors (Lipinski definition) is 2. The second-order valence-electron chi connectivity index (χ2n) is 6.05. The molecular weight excluding hydrogens is 241 g/mol. The smallest absolute Gasteiger partial charge is 0.123 e. The quantitative estimate of drug-likeness (QED) is 0.852. The summed E-state index contributed by atoms with van der Waals surface area (Å²) in [5.74, 6) is 0.588. The highest BCUT2D eigenvalue weighted by Gasteiger charge is 2.33. The van der Waals surface area contributed by atoms with Crippen LogP contribution in [0.25, 0.3) is 0 Å². The molecule has 1 unspecified atom stereocenters. The largest absolute Gasteiger partial charge is 0.387 e. The Balaban J connectivity index is 1.58. The van der Waals surface area contributed by atoms with Crippen molar-refractivity contribution in [3.8, 4) is 0 Å². The molecule has 2 aliphatic rings. The number of aliphatic hydroxyl groups excluding tert-OH is 1. The van der Waals surface area contributed by atoms with Crippen LogP contribution in [0.3, 0.4) is 0 Å². The van der Waals surface area contributed by atoms with Gasteiger partial charge in [0, 0.05) is 19.1 Å². The molecule has 2 fully saturated rings. The van der Waals surface area contributed by atoms with E-state index in [1.165, 1.54) is 44.2 Å². The van der Waals surface area contributed by atoms with E-state index in [4.69, 9.17) is 0 Å². The third-order valence-corrected chi connectivity index (χ3v) is 4.44. The molecule has 1 N–H and O–H groups in total. The Bertz CT molecular complexity index is 411. The first-order valence-corrected chi connectivity index (χ1v) is 7.40. The summed E-state index contributed by atoms with van der Waals surface area (Å²) in [5, 5.41) is 10.3. The van der Waals surface area contributed by atoms with Crippen LogP contribution in [0.1, 0.15) is 43.8 Å². The molecule has 1 atom stereocenters. The van der Waals surface area contributed by atoms with Gasteiger partial charge >= 0.3 is 0 Å². The molecule has 0 bridgehead atoms. The Kier molecular flexibility index (Phi) is 3.85. The number of hydrogen-bond donors (Lipinski definition) is 1. The van der Waals surface area contributed by atoms with Crippen LogP contribution in [0.15, 0.2) is 24.3 Å². The van der Waals surface area contributed by atoms with Gasteiger partial charge < -0.3 is 5.11 Å². The Labute approximate surface area is 114 Å². The highest BCUT2D eigenvalue weighted by molar-refractivity contribution is 5.18. The molecule has 2 aliphatic carbocycles. The highest BCUT2D eigenvalue weighted by Crippen LogP contribution is 2.34. The predicted octanol–water partition coefficient (Wildman–Crippen LogP) is 3.12. The van der Waals surface area contributed by atoms with Crippen LogP contribution in [0.5, 0.6) is 0 Å². The Hall–Kier alpha value is -0.930. The predicted molar refractivity (Wildman–Crippen MR) is 73.3 cm³/mol. The van der Waals surface area contributed by atoms with E-state index < -0.39 is 6.10 Å². The van der Waals surface area contributed by atoms with E-state index in [-0.39, 0.29) is 5.82 Å². The number of halogens is 1. The van der Waals surface area contributed by atoms with Gasteiger partial charge in [-0.3, -0.25) is 4.90 Å². The third kappa shape index (κ3) is 3.34. The van der Waals surface area contributed by atoms with Crippen molar-refractivity contribution < 1.29 is 9.50 Å². The number of rotatable bonds is 6. The van der Waals surface area contributed by atoms with Crippen LogP contribution in [0, 0.1) is 11.7 Å². The van der Waals surface area contributed by atoms with Gasteiger partial charge in [-0.05, 0) is 49.3 Å². The summed E-state index contributed by atoms with van der Waals surface area (Å²) in [6.45, 7) is 1.82. The summed E-state index contributed by atoms with van der Waals surface area (Å²) in [6, 6.07) is 6.90. The van der Waals surface area contributed by atoms with E-state index in [2.05, 4.69) is 4.90 Å². The fraction of sp³-hybridized carbons (Fsp3) is 0.625. The SMILES string of the molecule is OC(CN(CC1CCC1)C1CC1)c1ccc(F)cc1. The first kappa shape index (κ1) is 13.1. The van der Waals surface area contributed by atoms with Gasteiger partial charge in [-0.1, -0.05) is 18.6 Å². The molecule has 0 saturated heterocycles. The first-order valence-electron chi connectivity index (χ1n) is 7.40. The fourth-order valence-corrected chi connectivity index (χ4v) is 2.83. The van der Waals surface area contributed by atoms with E-state index in [1.807, 2.05) is 0 Å². The maximum Gasteiger partial charge on any atom is 0.123 e. The molecule has 1 aromatic carbocycles. The van der Waals surface area contributed by atoms with Crippen molar-refractivity contribution in [3.05, 3.63) is 35.6 Å². The maximum atomic E-state index is 12.9. The van der Waals surface area contributed by atoms with Gasteiger partial charge in [0.25, 0.3) is 0 Å². The zero-order valence-electron chi connectivity index (χ0n) is 11.3. The zero-order valence-corrected chi connectivity index (χ0v) is 11.3. The van der Waals surface area contributed by atoms with Crippen LogP contribution in [0.4, 0.5) is 4.39 Å². The Morgan fingerprint density at radius 1 is 1.16 bits per heavy atom. The molecule has 0 radical (unpaired) electrons. The van der Waals surface area contributed by atoms with Gasteiger partial charge in [-0.2, -0.15) is 0 Å². The average Bonchev–Trinajstić information content (AvgIpc) is 3.17. The summed E-state index contributed by atoms with van der Waals surface area (Å²) in [4.78, 5) is 2.44. The van der Waals surface area contributed by atoms with Crippen LogP contribution in [0.2, 0.25) is 0 Å². The lowest BCUT2D eigenvalue weighted by molar-refractivity contribution is 0.0858. The average molecular weight is 263 g/mol. The van der Waals surface area contributed by atoms with E-state index in [1.54, 1.807) is 12.1 Å². The molecular formula is C16H22FNO. The summed E-state index contributed by atoms with van der Waals surface area (Å²) in [7, 11) is 0. The van der Waals surface area contributed by atoms with Gasteiger partial charge in [-0.25, -0.2) is 4.39 Å². The van der Waals surface area contributed by atoms with E-state index >= 15 is 0 Å². The minimum absolute atomic E-state index is 0.246. The van der Waals surface area contributed by atoms with Crippen molar-refractivity contribution in [2.75, 3.05) is 13.1 Å². The molecule has 3 rings (SSSR count). The monoisotopic (exact) mass is 263 g/mol. The van der Waals surface area contributed by atoms with Crippen molar-refractivity contribution in [2.45, 2.75) is 44.2 Å². The van der Waals surface area contributed by atoms with Crippen molar-refractivity contribution in [1.29, 1.82) is 0 Å². The van der Waals surface area contributed by atoms with Gasteiger partial charge in [0.05, 0.1) is 6.10 Å². The van der Waals surface area contributed by atoms with Gasteiger partial charge in [-0.15, -0.1) is 0 Å². The minimum atomic E-state index is -0.499. The third-order valence-electron chi connectivity index (χ3n) is 4.44. The first-order chi connectivity index (χ1) is 9.22. The lowest BCUT2D eigenvalue weighted by atomic mass is 9.85.